The maximum Gasteiger partial charge on any atom is 0.347 e. The van der Waals surface area contributed by atoms with Crippen LogP contribution in [-0.2, 0) is 14.3 Å². The lowest BCUT2D eigenvalue weighted by atomic mass is 9.78. The lowest BCUT2D eigenvalue weighted by Crippen LogP contribution is -2.37. The van der Waals surface area contributed by atoms with Crippen molar-refractivity contribution in [1.29, 1.82) is 5.26 Å². The molecule has 0 amide bonds. The Morgan fingerprint density at radius 3 is 2.11 bits per heavy atom. The number of hydrogen-bond donors (Lipinski definition) is 0. The van der Waals surface area contributed by atoms with Gasteiger partial charge in [-0.1, -0.05) is 20.8 Å². The number of ether oxygens (including phenoxy) is 1. The minimum absolute atomic E-state index is 0.110. The molecule has 0 aromatic carbocycles. The van der Waals surface area contributed by atoms with Crippen molar-refractivity contribution in [2.45, 2.75) is 27.7 Å². The normalized spacial score (nSPS) is 12.8. The quantitative estimate of drug-likeness (QED) is 0.445. The summed E-state index contributed by atoms with van der Waals surface area (Å²) in [7, 11) is -0.531. The van der Waals surface area contributed by atoms with E-state index in [1.807, 2.05) is 26.8 Å². The first-order valence-electron chi connectivity index (χ1n) is 5.72. The largest absolute Gasteiger partial charge is 0.462 e. The lowest BCUT2D eigenvalue weighted by molar-refractivity contribution is -0.135. The van der Waals surface area contributed by atoms with Gasteiger partial charge in [0.05, 0.1) is 12.7 Å². The van der Waals surface area contributed by atoms with Crippen LogP contribution in [0.2, 0.25) is 0 Å². The molecule has 0 saturated heterocycles. The molecule has 0 aromatic heterocycles. The number of ketones is 1. The maximum absolute atomic E-state index is 12.3. The number of rotatable bonds is 4. The van der Waals surface area contributed by atoms with E-state index in [9.17, 15) is 9.59 Å². The first-order chi connectivity index (χ1) is 8.16. The van der Waals surface area contributed by atoms with E-state index in [1.54, 1.807) is 19.4 Å². The number of hydrogen-bond acceptors (Lipinski definition) is 4. The molecule has 0 bridgehead atoms. The molecule has 0 heterocycles. The molecule has 1 atom stereocenters. The van der Waals surface area contributed by atoms with Crippen LogP contribution in [-0.4, -0.2) is 35.7 Å². The van der Waals surface area contributed by atoms with Crippen LogP contribution in [0.3, 0.4) is 0 Å². The van der Waals surface area contributed by atoms with E-state index in [0.717, 1.165) is 0 Å². The molecule has 18 heavy (non-hydrogen) atoms. The number of nitriles is 1. The summed E-state index contributed by atoms with van der Waals surface area (Å²) in [6.07, 6.45) is 3.56. The SMILES string of the molecule is CCOC(=O)C(C(=O)C(C#N)C(C)(C)C)=S(C)C. The Balaban J connectivity index is 5.45. The van der Waals surface area contributed by atoms with Crippen LogP contribution in [0.15, 0.2) is 0 Å². The Morgan fingerprint density at radius 2 is 1.83 bits per heavy atom. The van der Waals surface area contributed by atoms with Crippen LogP contribution in [0.1, 0.15) is 27.7 Å². The minimum Gasteiger partial charge on any atom is -0.462 e. The highest BCUT2D eigenvalue weighted by atomic mass is 32.2. The fourth-order valence-corrected chi connectivity index (χ4v) is 2.35. The summed E-state index contributed by atoms with van der Waals surface area (Å²) in [5, 5.41) is 9.14. The first kappa shape index (κ1) is 16.9. The van der Waals surface area contributed by atoms with Gasteiger partial charge in [0.15, 0.2) is 5.78 Å². The summed E-state index contributed by atoms with van der Waals surface area (Å²) in [5.74, 6) is -1.83. The second kappa shape index (κ2) is 6.69. The second-order valence-electron chi connectivity index (χ2n) is 5.16. The van der Waals surface area contributed by atoms with Crippen molar-refractivity contribution in [3.8, 4) is 6.07 Å². The summed E-state index contributed by atoms with van der Waals surface area (Å²) >= 11 is 0. The van der Waals surface area contributed by atoms with E-state index in [2.05, 4.69) is 0 Å². The van der Waals surface area contributed by atoms with Gasteiger partial charge in [-0.05, 0) is 24.9 Å². The van der Waals surface area contributed by atoms with Gasteiger partial charge >= 0.3 is 5.97 Å². The van der Waals surface area contributed by atoms with E-state index in [-0.39, 0.29) is 11.5 Å². The van der Waals surface area contributed by atoms with Crippen LogP contribution >= 0.6 is 10.5 Å². The summed E-state index contributed by atoms with van der Waals surface area (Å²) in [4.78, 5) is 24.2. The van der Waals surface area contributed by atoms with Crippen molar-refractivity contribution in [2.24, 2.45) is 11.3 Å². The summed E-state index contributed by atoms with van der Waals surface area (Å²) in [6, 6.07) is 2.00. The maximum atomic E-state index is 12.3. The molecule has 0 aliphatic carbocycles. The van der Waals surface area contributed by atoms with Crippen molar-refractivity contribution < 1.29 is 14.3 Å². The van der Waals surface area contributed by atoms with Gasteiger partial charge in [0.1, 0.15) is 10.8 Å². The summed E-state index contributed by atoms with van der Waals surface area (Å²) < 4.78 is 4.89. The molecule has 5 heteroatoms. The fraction of sp³-hybridized carbons (Fsp3) is 0.692. The van der Waals surface area contributed by atoms with Crippen molar-refractivity contribution in [1.82, 2.24) is 0 Å². The molecule has 0 saturated carbocycles. The average Bonchev–Trinajstić information content (AvgIpc) is 2.15. The standard InChI is InChI=1S/C13H21NO3S/c1-7-17-12(16)11(18(5)6)10(15)9(8-14)13(2,3)4/h9H,7H2,1-6H3. The second-order valence-corrected chi connectivity index (χ2v) is 7.20. The Hall–Kier alpha value is -1.15. The van der Waals surface area contributed by atoms with Gasteiger partial charge in [0, 0.05) is 0 Å². The third-order valence-corrected chi connectivity index (χ3v) is 3.53. The Kier molecular flexibility index (Phi) is 6.27. The monoisotopic (exact) mass is 271 g/mol. The molecular weight excluding hydrogens is 250 g/mol. The highest BCUT2D eigenvalue weighted by molar-refractivity contribution is 8.16. The zero-order chi connectivity index (χ0) is 14.5. The van der Waals surface area contributed by atoms with Crippen molar-refractivity contribution in [3.05, 3.63) is 0 Å². The van der Waals surface area contributed by atoms with Gasteiger partial charge in [-0.15, -0.1) is 0 Å². The van der Waals surface area contributed by atoms with E-state index in [0.29, 0.717) is 0 Å². The number of esters is 1. The molecule has 0 spiro atoms. The van der Waals surface area contributed by atoms with Gasteiger partial charge in [-0.2, -0.15) is 15.7 Å². The topological polar surface area (TPSA) is 67.2 Å². The van der Waals surface area contributed by atoms with E-state index >= 15 is 0 Å². The molecule has 0 rings (SSSR count). The van der Waals surface area contributed by atoms with Crippen molar-refractivity contribution in [3.63, 3.8) is 0 Å². The number of carbonyl (C=O) groups excluding carboxylic acids is 2. The first-order valence-corrected chi connectivity index (χ1v) is 7.76. The highest BCUT2D eigenvalue weighted by Gasteiger charge is 2.36. The third kappa shape index (κ3) is 4.26. The van der Waals surface area contributed by atoms with Gasteiger partial charge in [-0.3, -0.25) is 4.79 Å². The van der Waals surface area contributed by atoms with Gasteiger partial charge in [0.2, 0.25) is 0 Å². The molecule has 4 nitrogen and oxygen atoms in total. The number of Topliss-reactive ketones (excluding diaryl/α,β-unsaturated/α-hetero) is 1. The molecule has 1 unspecified atom stereocenters. The molecule has 0 fully saturated rings. The molecule has 102 valence electrons. The van der Waals surface area contributed by atoms with Gasteiger partial charge in [-0.25, -0.2) is 4.79 Å². The van der Waals surface area contributed by atoms with Crippen LogP contribution < -0.4 is 0 Å². The Morgan fingerprint density at radius 1 is 1.33 bits per heavy atom. The van der Waals surface area contributed by atoms with E-state index in [4.69, 9.17) is 10.00 Å². The predicted molar refractivity (Wildman–Crippen MR) is 74.6 cm³/mol. The van der Waals surface area contributed by atoms with E-state index < -0.39 is 33.6 Å². The molecule has 0 aliphatic rings. The summed E-state index contributed by atoms with van der Waals surface area (Å²) in [5.41, 5.74) is -0.497. The average molecular weight is 271 g/mol. The van der Waals surface area contributed by atoms with Crippen LogP contribution in [0.5, 0.6) is 0 Å². The molecule has 0 aromatic rings. The van der Waals surface area contributed by atoms with Crippen molar-refractivity contribution >= 4 is 27.1 Å². The molecule has 0 radical (unpaired) electrons. The highest BCUT2D eigenvalue weighted by Crippen LogP contribution is 2.27. The number of nitrogens with zero attached hydrogens (tertiary/aromatic N) is 1. The minimum atomic E-state index is -0.827. The zero-order valence-electron chi connectivity index (χ0n) is 11.9. The zero-order valence-corrected chi connectivity index (χ0v) is 12.7. The lowest BCUT2D eigenvalue weighted by Gasteiger charge is -2.24. The van der Waals surface area contributed by atoms with Crippen molar-refractivity contribution in [2.75, 3.05) is 19.1 Å². The van der Waals surface area contributed by atoms with Crippen LogP contribution in [0, 0.1) is 22.7 Å². The van der Waals surface area contributed by atoms with Crippen LogP contribution in [0.4, 0.5) is 0 Å². The van der Waals surface area contributed by atoms with Crippen LogP contribution in [0.25, 0.3) is 0 Å². The Bertz CT molecular complexity index is 409. The molecule has 0 N–H and O–H groups in total. The Labute approximate surface area is 111 Å². The predicted octanol–water partition coefficient (Wildman–Crippen LogP) is 2.01. The fourth-order valence-electron chi connectivity index (χ4n) is 1.44. The van der Waals surface area contributed by atoms with Gasteiger partial charge in [0.25, 0.3) is 0 Å². The molecular formula is C13H21NO3S. The van der Waals surface area contributed by atoms with E-state index in [1.165, 1.54) is 0 Å². The molecule has 0 aliphatic heterocycles. The smallest absolute Gasteiger partial charge is 0.347 e. The van der Waals surface area contributed by atoms with Gasteiger partial charge < -0.3 is 4.74 Å². The number of carbonyl (C=O) groups is 2. The summed E-state index contributed by atoms with van der Waals surface area (Å²) in [6.45, 7) is 7.34. The third-order valence-electron chi connectivity index (χ3n) is 2.35.